The first-order valence-corrected chi connectivity index (χ1v) is 6.70. The van der Waals surface area contributed by atoms with Crippen LogP contribution in [0.4, 0.5) is 0 Å². The van der Waals surface area contributed by atoms with E-state index in [1.807, 2.05) is 48.5 Å². The molecule has 0 saturated carbocycles. The first kappa shape index (κ1) is 16.7. The molecule has 0 saturated heterocycles. The number of halogens is 2. The topological polar surface area (TPSA) is 59.1 Å². The fraction of sp³-hybridized carbons (Fsp3) is 0.133. The van der Waals surface area contributed by atoms with Crippen molar-refractivity contribution in [2.45, 2.75) is 13.2 Å². The zero-order valence-electron chi connectivity index (χ0n) is 10.8. The van der Waals surface area contributed by atoms with E-state index in [1.54, 1.807) is 0 Å². The lowest BCUT2D eigenvalue weighted by Gasteiger charge is -2.06. The van der Waals surface area contributed by atoms with Crippen LogP contribution in [-0.2, 0) is 18.0 Å². The molecule has 0 radical (unpaired) electrons. The Hall–Kier alpha value is -1.36. The molecule has 0 unspecified atom stereocenters. The standard InChI is InChI=1S/C15H15BrN2O.ClH/c16-14-7-3-12(4-8-14)10-19-9-11-1-5-13(6-2-11)15(17)18;/h1-8H,9-10H2,(H3,17,18);1H. The average molecular weight is 356 g/mol. The van der Waals surface area contributed by atoms with Crippen molar-refractivity contribution < 1.29 is 4.74 Å². The summed E-state index contributed by atoms with van der Waals surface area (Å²) in [5.41, 5.74) is 8.35. The number of rotatable bonds is 5. The maximum Gasteiger partial charge on any atom is 0.122 e. The van der Waals surface area contributed by atoms with Gasteiger partial charge in [0.15, 0.2) is 0 Å². The van der Waals surface area contributed by atoms with Gasteiger partial charge in [0, 0.05) is 10.0 Å². The maximum absolute atomic E-state index is 7.32. The van der Waals surface area contributed by atoms with E-state index < -0.39 is 0 Å². The van der Waals surface area contributed by atoms with Gasteiger partial charge in [0.25, 0.3) is 0 Å². The number of nitrogen functional groups attached to an aromatic ring is 1. The highest BCUT2D eigenvalue weighted by molar-refractivity contribution is 9.10. The summed E-state index contributed by atoms with van der Waals surface area (Å²) in [5, 5.41) is 7.32. The van der Waals surface area contributed by atoms with Crippen molar-refractivity contribution in [3.05, 3.63) is 69.7 Å². The van der Waals surface area contributed by atoms with Gasteiger partial charge in [-0.2, -0.15) is 0 Å². The molecule has 5 heteroatoms. The van der Waals surface area contributed by atoms with E-state index in [9.17, 15) is 0 Å². The van der Waals surface area contributed by atoms with Gasteiger partial charge in [0.1, 0.15) is 5.84 Å². The number of amidine groups is 1. The predicted octanol–water partition coefficient (Wildman–Crippen LogP) is 3.87. The molecule has 3 N–H and O–H groups in total. The average Bonchev–Trinajstić information content (AvgIpc) is 2.41. The van der Waals surface area contributed by atoms with Crippen LogP contribution < -0.4 is 5.73 Å². The highest BCUT2D eigenvalue weighted by Gasteiger charge is 1.98. The number of benzene rings is 2. The normalized spacial score (nSPS) is 9.85. The Morgan fingerprint density at radius 3 is 1.85 bits per heavy atom. The minimum Gasteiger partial charge on any atom is -0.384 e. The molecule has 0 spiro atoms. The van der Waals surface area contributed by atoms with Gasteiger partial charge >= 0.3 is 0 Å². The van der Waals surface area contributed by atoms with Gasteiger partial charge in [-0.25, -0.2) is 0 Å². The number of nitrogens with one attached hydrogen (secondary N) is 1. The Morgan fingerprint density at radius 1 is 0.950 bits per heavy atom. The van der Waals surface area contributed by atoms with E-state index in [1.165, 1.54) is 0 Å². The Balaban J connectivity index is 0.00000200. The molecule has 2 aromatic carbocycles. The second-order valence-electron chi connectivity index (χ2n) is 4.23. The molecule has 0 aromatic heterocycles. The summed E-state index contributed by atoms with van der Waals surface area (Å²) in [6, 6.07) is 15.6. The number of ether oxygens (including phenoxy) is 1. The quantitative estimate of drug-likeness (QED) is 0.632. The van der Waals surface area contributed by atoms with Crippen LogP contribution in [0.25, 0.3) is 0 Å². The molecular weight excluding hydrogens is 340 g/mol. The molecule has 106 valence electrons. The number of hydrogen-bond donors (Lipinski definition) is 2. The van der Waals surface area contributed by atoms with Crippen LogP contribution >= 0.6 is 28.3 Å². The Kier molecular flexibility index (Phi) is 6.71. The third-order valence-electron chi connectivity index (χ3n) is 2.72. The summed E-state index contributed by atoms with van der Waals surface area (Å²) in [7, 11) is 0. The van der Waals surface area contributed by atoms with E-state index in [2.05, 4.69) is 15.9 Å². The number of nitrogens with two attached hydrogens (primary N) is 1. The fourth-order valence-corrected chi connectivity index (χ4v) is 1.91. The van der Waals surface area contributed by atoms with Crippen LogP contribution in [0.2, 0.25) is 0 Å². The number of hydrogen-bond acceptors (Lipinski definition) is 2. The first-order valence-electron chi connectivity index (χ1n) is 5.90. The molecule has 0 atom stereocenters. The van der Waals surface area contributed by atoms with Crippen molar-refractivity contribution >= 4 is 34.2 Å². The lowest BCUT2D eigenvalue weighted by Crippen LogP contribution is -2.10. The van der Waals surface area contributed by atoms with Crippen molar-refractivity contribution in [2.75, 3.05) is 0 Å². The van der Waals surface area contributed by atoms with E-state index >= 15 is 0 Å². The Labute approximate surface area is 133 Å². The van der Waals surface area contributed by atoms with E-state index in [0.29, 0.717) is 13.2 Å². The first-order chi connectivity index (χ1) is 9.15. The molecule has 3 nitrogen and oxygen atoms in total. The molecule has 0 aliphatic carbocycles. The zero-order chi connectivity index (χ0) is 13.7. The van der Waals surface area contributed by atoms with Crippen molar-refractivity contribution in [2.24, 2.45) is 5.73 Å². The summed E-state index contributed by atoms with van der Waals surface area (Å²) in [6.07, 6.45) is 0. The molecule has 0 aliphatic heterocycles. The van der Waals surface area contributed by atoms with Gasteiger partial charge in [-0.1, -0.05) is 52.3 Å². The van der Waals surface area contributed by atoms with Gasteiger partial charge in [-0.15, -0.1) is 12.4 Å². The summed E-state index contributed by atoms with van der Waals surface area (Å²) in [4.78, 5) is 0. The summed E-state index contributed by atoms with van der Waals surface area (Å²) in [6.45, 7) is 1.13. The van der Waals surface area contributed by atoms with Crippen LogP contribution in [0, 0.1) is 5.41 Å². The van der Waals surface area contributed by atoms with Crippen molar-refractivity contribution in [1.82, 2.24) is 0 Å². The van der Waals surface area contributed by atoms with Gasteiger partial charge in [-0.3, -0.25) is 5.41 Å². The largest absolute Gasteiger partial charge is 0.384 e. The maximum atomic E-state index is 7.32. The summed E-state index contributed by atoms with van der Waals surface area (Å²) in [5.74, 6) is 0.0855. The van der Waals surface area contributed by atoms with Crippen LogP contribution in [0.15, 0.2) is 53.0 Å². The van der Waals surface area contributed by atoms with Gasteiger partial charge in [-0.05, 0) is 23.3 Å². The van der Waals surface area contributed by atoms with Gasteiger partial charge in [0.05, 0.1) is 13.2 Å². The molecule has 0 heterocycles. The molecule has 0 bridgehead atoms. The molecule has 2 rings (SSSR count). The summed E-state index contributed by atoms with van der Waals surface area (Å²) >= 11 is 3.40. The molecule has 0 fully saturated rings. The third-order valence-corrected chi connectivity index (χ3v) is 3.24. The lowest BCUT2D eigenvalue weighted by molar-refractivity contribution is 0.107. The minimum absolute atomic E-state index is 0. The van der Waals surface area contributed by atoms with E-state index in [-0.39, 0.29) is 18.2 Å². The van der Waals surface area contributed by atoms with Crippen LogP contribution in [0.5, 0.6) is 0 Å². The van der Waals surface area contributed by atoms with E-state index in [4.69, 9.17) is 15.9 Å². The monoisotopic (exact) mass is 354 g/mol. The minimum atomic E-state index is 0. The highest BCUT2D eigenvalue weighted by atomic mass is 79.9. The van der Waals surface area contributed by atoms with E-state index in [0.717, 1.165) is 21.2 Å². The summed E-state index contributed by atoms with van der Waals surface area (Å²) < 4.78 is 6.71. The fourth-order valence-electron chi connectivity index (χ4n) is 1.65. The van der Waals surface area contributed by atoms with Crippen LogP contribution in [-0.4, -0.2) is 5.84 Å². The Morgan fingerprint density at radius 2 is 1.40 bits per heavy atom. The van der Waals surface area contributed by atoms with Crippen molar-refractivity contribution in [3.8, 4) is 0 Å². The Bertz CT molecular complexity index is 555. The van der Waals surface area contributed by atoms with Gasteiger partial charge < -0.3 is 10.5 Å². The molecular formula is C15H16BrClN2O. The van der Waals surface area contributed by atoms with Crippen molar-refractivity contribution in [3.63, 3.8) is 0 Å². The van der Waals surface area contributed by atoms with Crippen LogP contribution in [0.1, 0.15) is 16.7 Å². The van der Waals surface area contributed by atoms with Gasteiger partial charge in [0.2, 0.25) is 0 Å². The molecule has 20 heavy (non-hydrogen) atoms. The highest BCUT2D eigenvalue weighted by Crippen LogP contribution is 2.12. The molecule has 0 amide bonds. The predicted molar refractivity (Wildman–Crippen MR) is 87.3 cm³/mol. The smallest absolute Gasteiger partial charge is 0.122 e. The van der Waals surface area contributed by atoms with Crippen molar-refractivity contribution in [1.29, 1.82) is 5.41 Å². The SMILES string of the molecule is Cl.N=C(N)c1ccc(COCc2ccc(Br)cc2)cc1. The second kappa shape index (κ2) is 8.04. The third kappa shape index (κ3) is 4.96. The zero-order valence-corrected chi connectivity index (χ0v) is 13.2. The van der Waals surface area contributed by atoms with Crippen LogP contribution in [0.3, 0.4) is 0 Å². The second-order valence-corrected chi connectivity index (χ2v) is 5.15. The molecule has 0 aliphatic rings. The lowest BCUT2D eigenvalue weighted by atomic mass is 10.1. The molecule has 2 aromatic rings.